The smallest absolute Gasteiger partial charge is 0.330 e. The predicted octanol–water partition coefficient (Wildman–Crippen LogP) is -1.82. The first kappa shape index (κ1) is 15.6. The van der Waals surface area contributed by atoms with Crippen molar-refractivity contribution < 1.29 is 20.1 Å². The van der Waals surface area contributed by atoms with E-state index in [0.29, 0.717) is 0 Å². The van der Waals surface area contributed by atoms with Crippen LogP contribution in [0.4, 0.5) is 0 Å². The first-order chi connectivity index (χ1) is 8.84. The number of ether oxygens (including phenoxy) is 1. The number of aliphatic hydroxyl groups excluding tert-OH is 3. The summed E-state index contributed by atoms with van der Waals surface area (Å²) < 4.78 is 6.37. The van der Waals surface area contributed by atoms with Gasteiger partial charge in [-0.05, 0) is 13.8 Å². The lowest BCUT2D eigenvalue weighted by atomic mass is 10.0. The molecular weight excluding hydrogens is 256 g/mol. The average molecular weight is 274 g/mol. The molecule has 0 aliphatic rings. The maximum absolute atomic E-state index is 11.6. The van der Waals surface area contributed by atoms with Gasteiger partial charge in [0.15, 0.2) is 6.23 Å². The Morgan fingerprint density at radius 1 is 1.47 bits per heavy atom. The molecule has 0 saturated carbocycles. The fourth-order valence-electron chi connectivity index (χ4n) is 1.41. The van der Waals surface area contributed by atoms with Crippen molar-refractivity contribution in [2.24, 2.45) is 0 Å². The topological polar surface area (TPSA) is 125 Å². The number of aliphatic hydroxyl groups is 3. The summed E-state index contributed by atoms with van der Waals surface area (Å²) >= 11 is 0. The number of aromatic nitrogens is 2. The maximum Gasteiger partial charge on any atom is 0.330 e. The summed E-state index contributed by atoms with van der Waals surface area (Å²) in [6.45, 7) is 1.80. The van der Waals surface area contributed by atoms with Crippen molar-refractivity contribution in [1.29, 1.82) is 0 Å². The zero-order valence-electron chi connectivity index (χ0n) is 10.7. The number of hydrogen-bond donors (Lipinski definition) is 4. The van der Waals surface area contributed by atoms with Crippen LogP contribution in [-0.4, -0.2) is 49.8 Å². The van der Waals surface area contributed by atoms with E-state index in [-0.39, 0.29) is 0 Å². The molecule has 1 aromatic rings. The van der Waals surface area contributed by atoms with Gasteiger partial charge in [-0.2, -0.15) is 0 Å². The Bertz CT molecular complexity index is 522. The van der Waals surface area contributed by atoms with E-state index < -0.39 is 42.4 Å². The molecule has 0 fully saturated rings. The van der Waals surface area contributed by atoms with Crippen LogP contribution in [0.25, 0.3) is 0 Å². The highest BCUT2D eigenvalue weighted by molar-refractivity contribution is 4.86. The van der Waals surface area contributed by atoms with Crippen molar-refractivity contribution in [3.05, 3.63) is 33.1 Å². The van der Waals surface area contributed by atoms with E-state index in [1.54, 1.807) is 0 Å². The first-order valence-corrected chi connectivity index (χ1v) is 5.73. The Labute approximate surface area is 108 Å². The molecule has 1 aromatic heterocycles. The highest BCUT2D eigenvalue weighted by Crippen LogP contribution is 2.21. The van der Waals surface area contributed by atoms with Gasteiger partial charge < -0.3 is 20.1 Å². The fraction of sp³-hybridized carbons (Fsp3) is 0.636. The van der Waals surface area contributed by atoms with Gasteiger partial charge in [-0.1, -0.05) is 0 Å². The van der Waals surface area contributed by atoms with Gasteiger partial charge in [0.2, 0.25) is 0 Å². The van der Waals surface area contributed by atoms with E-state index in [4.69, 9.17) is 4.74 Å². The quantitative estimate of drug-likeness (QED) is 0.484. The van der Waals surface area contributed by atoms with Crippen LogP contribution in [0.5, 0.6) is 0 Å². The Kier molecular flexibility index (Phi) is 5.01. The van der Waals surface area contributed by atoms with Gasteiger partial charge in [-0.25, -0.2) is 4.79 Å². The summed E-state index contributed by atoms with van der Waals surface area (Å²) in [5.74, 6) is 0. The SMILES string of the molecule is C[C@H](O)C(C)(CO)O[C@H](CO)n1ccc(=O)[nH]c1=O. The molecule has 8 nitrogen and oxygen atoms in total. The van der Waals surface area contributed by atoms with E-state index in [1.165, 1.54) is 20.0 Å². The molecule has 0 aliphatic carbocycles. The molecule has 1 unspecified atom stereocenters. The van der Waals surface area contributed by atoms with E-state index in [2.05, 4.69) is 0 Å². The minimum Gasteiger partial charge on any atom is -0.393 e. The Morgan fingerprint density at radius 2 is 2.11 bits per heavy atom. The molecule has 108 valence electrons. The third kappa shape index (κ3) is 3.51. The predicted molar refractivity (Wildman–Crippen MR) is 65.7 cm³/mol. The van der Waals surface area contributed by atoms with Gasteiger partial charge in [0, 0.05) is 12.3 Å². The second-order valence-electron chi connectivity index (χ2n) is 4.42. The van der Waals surface area contributed by atoms with Crippen molar-refractivity contribution in [2.75, 3.05) is 13.2 Å². The summed E-state index contributed by atoms with van der Waals surface area (Å²) in [6, 6.07) is 1.10. The number of aromatic amines is 1. The molecular formula is C11H18N2O6. The van der Waals surface area contributed by atoms with Crippen LogP contribution in [0, 0.1) is 0 Å². The molecule has 0 bridgehead atoms. The lowest BCUT2D eigenvalue weighted by Gasteiger charge is -2.34. The Hall–Kier alpha value is -1.48. The molecule has 8 heteroatoms. The highest BCUT2D eigenvalue weighted by atomic mass is 16.6. The van der Waals surface area contributed by atoms with Crippen LogP contribution in [0.3, 0.4) is 0 Å². The third-order valence-corrected chi connectivity index (χ3v) is 2.92. The van der Waals surface area contributed by atoms with Crippen molar-refractivity contribution >= 4 is 0 Å². The molecule has 19 heavy (non-hydrogen) atoms. The maximum atomic E-state index is 11.6. The monoisotopic (exact) mass is 274 g/mol. The summed E-state index contributed by atoms with van der Waals surface area (Å²) in [6.07, 6.45) is -0.983. The lowest BCUT2D eigenvalue weighted by Crippen LogP contribution is -2.47. The molecule has 0 aromatic carbocycles. The number of rotatable bonds is 6. The average Bonchev–Trinajstić information content (AvgIpc) is 2.36. The van der Waals surface area contributed by atoms with Gasteiger partial charge in [-0.15, -0.1) is 0 Å². The summed E-state index contributed by atoms with van der Waals surface area (Å²) in [5, 5.41) is 28.1. The number of H-pyrrole nitrogens is 1. The van der Waals surface area contributed by atoms with Gasteiger partial charge >= 0.3 is 5.69 Å². The molecule has 0 aliphatic heterocycles. The molecule has 1 heterocycles. The molecule has 3 atom stereocenters. The number of hydrogen-bond acceptors (Lipinski definition) is 6. The summed E-state index contributed by atoms with van der Waals surface area (Å²) in [7, 11) is 0. The van der Waals surface area contributed by atoms with E-state index >= 15 is 0 Å². The zero-order chi connectivity index (χ0) is 14.6. The zero-order valence-corrected chi connectivity index (χ0v) is 10.7. The summed E-state index contributed by atoms with van der Waals surface area (Å²) in [5.41, 5.74) is -2.67. The molecule has 0 spiro atoms. The first-order valence-electron chi connectivity index (χ1n) is 5.73. The summed E-state index contributed by atoms with van der Waals surface area (Å²) in [4.78, 5) is 24.5. The van der Waals surface area contributed by atoms with Crippen molar-refractivity contribution in [2.45, 2.75) is 31.8 Å². The van der Waals surface area contributed by atoms with Gasteiger partial charge in [-0.3, -0.25) is 14.3 Å². The Morgan fingerprint density at radius 3 is 2.53 bits per heavy atom. The van der Waals surface area contributed by atoms with Crippen LogP contribution < -0.4 is 11.2 Å². The third-order valence-electron chi connectivity index (χ3n) is 2.92. The number of nitrogens with one attached hydrogen (secondary N) is 1. The minimum atomic E-state index is -1.34. The Balaban J connectivity index is 3.08. The molecule has 0 radical (unpaired) electrons. The van der Waals surface area contributed by atoms with Crippen LogP contribution in [0.15, 0.2) is 21.9 Å². The minimum absolute atomic E-state index is 0.501. The van der Waals surface area contributed by atoms with Gasteiger partial charge in [0.25, 0.3) is 5.56 Å². The van der Waals surface area contributed by atoms with Crippen molar-refractivity contribution in [1.82, 2.24) is 9.55 Å². The molecule has 4 N–H and O–H groups in total. The second kappa shape index (κ2) is 6.11. The fourth-order valence-corrected chi connectivity index (χ4v) is 1.41. The van der Waals surface area contributed by atoms with Crippen molar-refractivity contribution in [3.8, 4) is 0 Å². The molecule has 0 saturated heterocycles. The normalized spacial score (nSPS) is 17.7. The van der Waals surface area contributed by atoms with Crippen molar-refractivity contribution in [3.63, 3.8) is 0 Å². The van der Waals surface area contributed by atoms with E-state index in [9.17, 15) is 24.9 Å². The van der Waals surface area contributed by atoms with Crippen LogP contribution >= 0.6 is 0 Å². The van der Waals surface area contributed by atoms with Crippen LogP contribution in [0.1, 0.15) is 20.1 Å². The van der Waals surface area contributed by atoms with Gasteiger partial charge in [0.05, 0.1) is 19.3 Å². The molecule has 0 amide bonds. The highest BCUT2D eigenvalue weighted by Gasteiger charge is 2.34. The lowest BCUT2D eigenvalue weighted by molar-refractivity contribution is -0.193. The van der Waals surface area contributed by atoms with E-state index in [1.807, 2.05) is 4.98 Å². The van der Waals surface area contributed by atoms with E-state index in [0.717, 1.165) is 10.6 Å². The van der Waals surface area contributed by atoms with Crippen LogP contribution in [-0.2, 0) is 4.74 Å². The molecule has 1 rings (SSSR count). The van der Waals surface area contributed by atoms with Gasteiger partial charge in [0.1, 0.15) is 5.60 Å². The number of nitrogens with zero attached hydrogens (tertiary/aromatic N) is 1. The van der Waals surface area contributed by atoms with Crippen LogP contribution in [0.2, 0.25) is 0 Å². The largest absolute Gasteiger partial charge is 0.393 e. The standard InChI is InChI=1S/C11H18N2O6/c1-7(16)11(2,6-15)19-9(5-14)13-4-3-8(17)12-10(13)18/h3-4,7,9,14-16H,5-6H2,1-2H3,(H,12,17,18)/t7-,9+,11?/m0/s1. The second-order valence-corrected chi connectivity index (χ2v) is 4.42.